The van der Waals surface area contributed by atoms with Crippen molar-refractivity contribution in [1.82, 2.24) is 15.4 Å². The molecule has 1 aliphatic heterocycles. The molecule has 0 N–H and O–H groups in total. The predicted octanol–water partition coefficient (Wildman–Crippen LogP) is 2.42. The van der Waals surface area contributed by atoms with Crippen LogP contribution in [0.25, 0.3) is 0 Å². The third-order valence-electron chi connectivity index (χ3n) is 2.81. The summed E-state index contributed by atoms with van der Waals surface area (Å²) in [5.41, 5.74) is 5.27. The second-order valence-electron chi connectivity index (χ2n) is 5.05. The standard InChI is InChI=1S/C14H19N4O/c1-10(2)17-14(19)18(11(3)4)16-13(15-17)12-8-6-5-7-9-12/h5-11H,1-4H3. The van der Waals surface area contributed by atoms with Crippen LogP contribution in [0.2, 0.25) is 0 Å². The zero-order valence-electron chi connectivity index (χ0n) is 11.7. The molecule has 1 aliphatic rings. The van der Waals surface area contributed by atoms with Crippen LogP contribution in [-0.4, -0.2) is 34.0 Å². The van der Waals surface area contributed by atoms with Gasteiger partial charge in [0, 0.05) is 5.56 Å². The summed E-state index contributed by atoms with van der Waals surface area (Å²) in [4.78, 5) is 12.2. The third-order valence-corrected chi connectivity index (χ3v) is 2.81. The van der Waals surface area contributed by atoms with Gasteiger partial charge in [-0.1, -0.05) is 30.3 Å². The molecule has 0 aliphatic carbocycles. The van der Waals surface area contributed by atoms with E-state index in [1.54, 1.807) is 0 Å². The fraction of sp³-hybridized carbons (Fsp3) is 0.429. The lowest BCUT2D eigenvalue weighted by atomic mass is 10.2. The molecule has 5 heteroatoms. The number of hydrogen-bond acceptors (Lipinski definition) is 2. The minimum absolute atomic E-state index is 0.00274. The van der Waals surface area contributed by atoms with Gasteiger partial charge < -0.3 is 0 Å². The number of hydrazone groups is 1. The Bertz CT molecular complexity index is 481. The molecule has 0 spiro atoms. The van der Waals surface area contributed by atoms with Crippen molar-refractivity contribution in [3.8, 4) is 0 Å². The topological polar surface area (TPSA) is 50.0 Å². The van der Waals surface area contributed by atoms with Crippen LogP contribution >= 0.6 is 0 Å². The van der Waals surface area contributed by atoms with E-state index >= 15 is 0 Å². The minimum Gasteiger partial charge on any atom is -0.244 e. The second kappa shape index (κ2) is 5.30. The first-order chi connectivity index (χ1) is 9.00. The predicted molar refractivity (Wildman–Crippen MR) is 74.5 cm³/mol. The number of benzene rings is 1. The highest BCUT2D eigenvalue weighted by atomic mass is 16.2. The van der Waals surface area contributed by atoms with Gasteiger partial charge >= 0.3 is 6.03 Å². The second-order valence-corrected chi connectivity index (χ2v) is 5.05. The van der Waals surface area contributed by atoms with Crippen molar-refractivity contribution in [2.75, 3.05) is 0 Å². The van der Waals surface area contributed by atoms with Gasteiger partial charge in [0.15, 0.2) is 5.84 Å². The summed E-state index contributed by atoms with van der Waals surface area (Å²) in [6, 6.07) is 9.52. The molecule has 5 nitrogen and oxygen atoms in total. The van der Waals surface area contributed by atoms with E-state index in [0.29, 0.717) is 5.84 Å². The Morgan fingerprint density at radius 1 is 0.947 bits per heavy atom. The molecule has 0 saturated heterocycles. The quantitative estimate of drug-likeness (QED) is 0.822. The molecule has 0 fully saturated rings. The lowest BCUT2D eigenvalue weighted by molar-refractivity contribution is 0.104. The van der Waals surface area contributed by atoms with E-state index in [1.165, 1.54) is 10.0 Å². The SMILES string of the molecule is CC(C)N1[N]C(c2ccccc2)=NN(C(C)C)C1=O. The molecule has 0 unspecified atom stereocenters. The molecule has 0 bridgehead atoms. The van der Waals surface area contributed by atoms with Crippen molar-refractivity contribution in [3.63, 3.8) is 0 Å². The summed E-state index contributed by atoms with van der Waals surface area (Å²) in [6.07, 6.45) is 0. The normalized spacial score (nSPS) is 15.9. The Labute approximate surface area is 113 Å². The van der Waals surface area contributed by atoms with Crippen LogP contribution in [0.3, 0.4) is 0 Å². The van der Waals surface area contributed by atoms with Crippen LogP contribution in [0.5, 0.6) is 0 Å². The number of carbonyl (C=O) groups is 1. The number of hydrogen-bond donors (Lipinski definition) is 0. The van der Waals surface area contributed by atoms with Gasteiger partial charge in [0.05, 0.1) is 12.1 Å². The minimum atomic E-state index is -0.176. The van der Waals surface area contributed by atoms with Crippen molar-refractivity contribution in [2.24, 2.45) is 5.10 Å². The van der Waals surface area contributed by atoms with E-state index in [-0.39, 0.29) is 18.1 Å². The van der Waals surface area contributed by atoms with E-state index in [2.05, 4.69) is 10.5 Å². The number of carbonyl (C=O) groups excluding carboxylic acids is 1. The number of nitrogens with zero attached hydrogens (tertiary/aromatic N) is 4. The summed E-state index contributed by atoms with van der Waals surface area (Å²) < 4.78 is 0. The Balaban J connectivity index is 2.38. The van der Waals surface area contributed by atoms with Gasteiger partial charge in [-0.3, -0.25) is 0 Å². The first kappa shape index (κ1) is 13.4. The molecule has 19 heavy (non-hydrogen) atoms. The molecular formula is C14H19N4O. The summed E-state index contributed by atoms with van der Waals surface area (Å²) in [5, 5.41) is 7.32. The van der Waals surface area contributed by atoms with E-state index in [4.69, 9.17) is 0 Å². The zero-order valence-corrected chi connectivity index (χ0v) is 11.7. The molecule has 0 aromatic heterocycles. The maximum Gasteiger partial charge on any atom is 0.361 e. The smallest absolute Gasteiger partial charge is 0.244 e. The number of rotatable bonds is 3. The fourth-order valence-electron chi connectivity index (χ4n) is 1.79. The number of amidine groups is 1. The molecule has 1 radical (unpaired) electrons. The fourth-order valence-corrected chi connectivity index (χ4v) is 1.79. The Morgan fingerprint density at radius 2 is 1.53 bits per heavy atom. The van der Waals surface area contributed by atoms with Crippen molar-refractivity contribution < 1.29 is 4.79 Å². The third kappa shape index (κ3) is 2.70. The maximum atomic E-state index is 12.2. The molecule has 1 aromatic rings. The van der Waals surface area contributed by atoms with Gasteiger partial charge in [-0.05, 0) is 27.7 Å². The van der Waals surface area contributed by atoms with Gasteiger partial charge in [0.2, 0.25) is 0 Å². The van der Waals surface area contributed by atoms with Gasteiger partial charge in [0.1, 0.15) is 0 Å². The van der Waals surface area contributed by atoms with Crippen LogP contribution < -0.4 is 5.43 Å². The Kier molecular flexibility index (Phi) is 3.74. The first-order valence-electron chi connectivity index (χ1n) is 6.49. The maximum absolute atomic E-state index is 12.2. The van der Waals surface area contributed by atoms with Crippen LogP contribution in [0.4, 0.5) is 4.79 Å². The molecule has 0 atom stereocenters. The summed E-state index contributed by atoms with van der Waals surface area (Å²) in [5.74, 6) is 0.572. The van der Waals surface area contributed by atoms with Crippen molar-refractivity contribution >= 4 is 11.9 Å². The average molecular weight is 259 g/mol. The van der Waals surface area contributed by atoms with Crippen LogP contribution in [-0.2, 0) is 0 Å². The summed E-state index contributed by atoms with van der Waals surface area (Å²) in [6.45, 7) is 7.75. The lowest BCUT2D eigenvalue weighted by Crippen LogP contribution is -2.56. The number of amides is 2. The van der Waals surface area contributed by atoms with Crippen LogP contribution in [0, 0.1) is 0 Å². The van der Waals surface area contributed by atoms with E-state index in [9.17, 15) is 4.79 Å². The van der Waals surface area contributed by atoms with E-state index in [0.717, 1.165) is 5.56 Å². The molecule has 2 rings (SSSR count). The average Bonchev–Trinajstić information content (AvgIpc) is 2.39. The highest BCUT2D eigenvalue weighted by molar-refractivity contribution is 6.01. The lowest BCUT2D eigenvalue weighted by Gasteiger charge is -2.35. The van der Waals surface area contributed by atoms with Crippen LogP contribution in [0.15, 0.2) is 35.4 Å². The Hall–Kier alpha value is -2.04. The first-order valence-corrected chi connectivity index (χ1v) is 6.49. The molecule has 2 amide bonds. The summed E-state index contributed by atoms with van der Waals surface area (Å²) in [7, 11) is 0. The molecule has 1 heterocycles. The van der Waals surface area contributed by atoms with Gasteiger partial charge in [0.25, 0.3) is 0 Å². The van der Waals surface area contributed by atoms with Crippen molar-refractivity contribution in [2.45, 2.75) is 39.8 Å². The molecular weight excluding hydrogens is 240 g/mol. The van der Waals surface area contributed by atoms with E-state index < -0.39 is 0 Å². The van der Waals surface area contributed by atoms with Crippen molar-refractivity contribution in [3.05, 3.63) is 35.9 Å². The van der Waals surface area contributed by atoms with Gasteiger partial charge in [-0.15, -0.1) is 10.5 Å². The Morgan fingerprint density at radius 3 is 2.05 bits per heavy atom. The van der Waals surface area contributed by atoms with Gasteiger partial charge in [-0.25, -0.2) is 14.8 Å². The van der Waals surface area contributed by atoms with E-state index in [1.807, 2.05) is 58.0 Å². The summed E-state index contributed by atoms with van der Waals surface area (Å²) >= 11 is 0. The largest absolute Gasteiger partial charge is 0.361 e. The zero-order chi connectivity index (χ0) is 14.0. The monoisotopic (exact) mass is 259 g/mol. The number of urea groups is 1. The highest BCUT2D eigenvalue weighted by Crippen LogP contribution is 2.15. The highest BCUT2D eigenvalue weighted by Gasteiger charge is 2.32. The molecule has 1 aromatic carbocycles. The van der Waals surface area contributed by atoms with Crippen LogP contribution in [0.1, 0.15) is 33.3 Å². The molecule has 0 saturated carbocycles. The van der Waals surface area contributed by atoms with Crippen molar-refractivity contribution in [1.29, 1.82) is 0 Å². The molecule has 101 valence electrons. The van der Waals surface area contributed by atoms with Gasteiger partial charge in [-0.2, -0.15) is 0 Å².